The van der Waals surface area contributed by atoms with Crippen molar-refractivity contribution in [2.24, 2.45) is 11.8 Å². The maximum Gasteiger partial charge on any atom is 0.270 e. The van der Waals surface area contributed by atoms with E-state index in [1.807, 2.05) is 0 Å². The van der Waals surface area contributed by atoms with Crippen LogP contribution in [-0.2, 0) is 0 Å². The van der Waals surface area contributed by atoms with Crippen LogP contribution >= 0.6 is 11.6 Å². The Labute approximate surface area is 135 Å². The predicted molar refractivity (Wildman–Crippen MR) is 83.1 cm³/mol. The van der Waals surface area contributed by atoms with Gasteiger partial charge in [0.1, 0.15) is 16.5 Å². The molecular formula is C16H21ClN2O3. The van der Waals surface area contributed by atoms with Crippen molar-refractivity contribution in [2.45, 2.75) is 38.1 Å². The second-order valence-corrected chi connectivity index (χ2v) is 6.59. The highest BCUT2D eigenvalue weighted by Crippen LogP contribution is 2.34. The van der Waals surface area contributed by atoms with Gasteiger partial charge in [-0.25, -0.2) is 4.98 Å². The summed E-state index contributed by atoms with van der Waals surface area (Å²) >= 11 is 6.07. The fraction of sp³-hybridized carbons (Fsp3) is 0.625. The second-order valence-electron chi connectivity index (χ2n) is 6.18. The quantitative estimate of drug-likeness (QED) is 0.770. The van der Waals surface area contributed by atoms with Crippen molar-refractivity contribution in [3.8, 4) is 5.75 Å². The van der Waals surface area contributed by atoms with E-state index in [1.54, 1.807) is 6.07 Å². The van der Waals surface area contributed by atoms with E-state index in [-0.39, 0.29) is 18.6 Å². The number of aliphatic hydroxyl groups is 1. The number of aromatic nitrogens is 1. The number of carbonyl (C=O) groups is 1. The molecule has 1 aromatic heterocycles. The van der Waals surface area contributed by atoms with Crippen LogP contribution in [0.3, 0.4) is 0 Å². The smallest absolute Gasteiger partial charge is 0.270 e. The zero-order valence-electron chi connectivity index (χ0n) is 12.4. The average Bonchev–Trinajstić information content (AvgIpc) is 3.39. The van der Waals surface area contributed by atoms with Crippen LogP contribution in [-0.4, -0.2) is 35.3 Å². The average molecular weight is 325 g/mol. The van der Waals surface area contributed by atoms with Crippen molar-refractivity contribution in [3.63, 3.8) is 0 Å². The van der Waals surface area contributed by atoms with Crippen molar-refractivity contribution < 1.29 is 14.6 Å². The van der Waals surface area contributed by atoms with Gasteiger partial charge in [0.15, 0.2) is 0 Å². The van der Waals surface area contributed by atoms with Crippen LogP contribution in [0.15, 0.2) is 12.3 Å². The molecule has 2 aliphatic rings. The molecule has 0 bridgehead atoms. The van der Waals surface area contributed by atoms with E-state index >= 15 is 0 Å². The minimum atomic E-state index is -0.238. The molecule has 2 fully saturated rings. The summed E-state index contributed by atoms with van der Waals surface area (Å²) in [6.45, 7) is 0.714. The lowest BCUT2D eigenvalue weighted by Crippen LogP contribution is -2.37. The zero-order valence-corrected chi connectivity index (χ0v) is 13.2. The Morgan fingerprint density at radius 1 is 1.45 bits per heavy atom. The molecule has 0 spiro atoms. The zero-order chi connectivity index (χ0) is 15.5. The van der Waals surface area contributed by atoms with Crippen LogP contribution in [0.5, 0.6) is 5.75 Å². The number of hydrogen-bond donors (Lipinski definition) is 2. The van der Waals surface area contributed by atoms with Gasteiger partial charge in [0.25, 0.3) is 5.91 Å². The number of ether oxygens (including phenoxy) is 1. The van der Waals surface area contributed by atoms with Gasteiger partial charge in [-0.1, -0.05) is 11.6 Å². The number of nitrogens with zero attached hydrogens (tertiary/aromatic N) is 1. The Kier molecular flexibility index (Phi) is 4.84. The number of halogens is 1. The molecule has 0 aliphatic heterocycles. The van der Waals surface area contributed by atoms with Crippen LogP contribution < -0.4 is 10.1 Å². The Morgan fingerprint density at radius 2 is 2.23 bits per heavy atom. The highest BCUT2D eigenvalue weighted by molar-refractivity contribution is 6.32. The first-order valence-electron chi connectivity index (χ1n) is 7.87. The van der Waals surface area contributed by atoms with Gasteiger partial charge in [-0.05, 0) is 43.9 Å². The Bertz CT molecular complexity index is 544. The maximum atomic E-state index is 12.3. The lowest BCUT2D eigenvalue weighted by molar-refractivity contribution is 0.0918. The highest BCUT2D eigenvalue weighted by atomic mass is 35.5. The molecule has 1 atom stereocenters. The van der Waals surface area contributed by atoms with Gasteiger partial charge in [0.2, 0.25) is 0 Å². The van der Waals surface area contributed by atoms with Crippen molar-refractivity contribution >= 4 is 17.5 Å². The van der Waals surface area contributed by atoms with Crippen LogP contribution in [0.4, 0.5) is 0 Å². The van der Waals surface area contributed by atoms with Crippen molar-refractivity contribution in [1.82, 2.24) is 10.3 Å². The molecule has 1 amide bonds. The molecule has 2 aliphatic carbocycles. The first-order chi connectivity index (χ1) is 10.7. The summed E-state index contributed by atoms with van der Waals surface area (Å²) < 4.78 is 5.67. The van der Waals surface area contributed by atoms with Crippen molar-refractivity contribution in [3.05, 3.63) is 23.0 Å². The molecule has 1 heterocycles. The summed E-state index contributed by atoms with van der Waals surface area (Å²) in [5.74, 6) is 1.37. The minimum absolute atomic E-state index is 0.0193. The number of carbonyl (C=O) groups excluding carboxylic acids is 1. The summed E-state index contributed by atoms with van der Waals surface area (Å²) in [4.78, 5) is 16.4. The van der Waals surface area contributed by atoms with Crippen LogP contribution in [0.1, 0.15) is 42.6 Å². The van der Waals surface area contributed by atoms with E-state index in [9.17, 15) is 4.79 Å². The molecule has 22 heavy (non-hydrogen) atoms. The predicted octanol–water partition coefficient (Wildman–Crippen LogP) is 2.41. The minimum Gasteiger partial charge on any atom is -0.492 e. The van der Waals surface area contributed by atoms with Crippen LogP contribution in [0, 0.1) is 11.8 Å². The third-order valence-electron chi connectivity index (χ3n) is 4.17. The van der Waals surface area contributed by atoms with E-state index in [2.05, 4.69) is 10.3 Å². The van der Waals surface area contributed by atoms with Crippen molar-refractivity contribution in [1.29, 1.82) is 0 Å². The lowest BCUT2D eigenvalue weighted by Gasteiger charge is -2.17. The molecule has 0 aromatic carbocycles. The molecule has 120 valence electrons. The van der Waals surface area contributed by atoms with Crippen LogP contribution in [0.2, 0.25) is 5.02 Å². The number of rotatable bonds is 8. The molecule has 3 rings (SSSR count). The summed E-state index contributed by atoms with van der Waals surface area (Å²) in [6, 6.07) is 1.62. The van der Waals surface area contributed by atoms with E-state index in [0.717, 1.165) is 12.8 Å². The number of hydrogen-bond acceptors (Lipinski definition) is 4. The molecule has 2 N–H and O–H groups in total. The molecule has 1 aromatic rings. The lowest BCUT2D eigenvalue weighted by atomic mass is 10.1. The van der Waals surface area contributed by atoms with Gasteiger partial charge in [0, 0.05) is 18.7 Å². The van der Waals surface area contributed by atoms with Gasteiger partial charge in [-0.3, -0.25) is 4.79 Å². The topological polar surface area (TPSA) is 71.5 Å². The third kappa shape index (κ3) is 4.11. The molecular weight excluding hydrogens is 304 g/mol. The summed E-state index contributed by atoms with van der Waals surface area (Å²) in [7, 11) is 0. The first kappa shape index (κ1) is 15.6. The summed E-state index contributed by atoms with van der Waals surface area (Å²) in [6.07, 6.45) is 6.63. The van der Waals surface area contributed by atoms with Crippen LogP contribution in [0.25, 0.3) is 0 Å². The SMILES string of the molecule is O=C(NC(CCO)C1CC1)c1cc(OCC2CC2)c(Cl)cn1. The Balaban J connectivity index is 1.64. The number of pyridine rings is 1. The standard InChI is InChI=1S/C16H21ClN2O3/c17-12-8-18-14(7-15(12)22-9-10-1-2-10)16(21)19-13(5-6-20)11-3-4-11/h7-8,10-11,13,20H,1-6,9H2,(H,19,21). The Morgan fingerprint density at radius 3 is 2.86 bits per heavy atom. The molecule has 6 heteroatoms. The molecule has 0 saturated heterocycles. The molecule has 2 saturated carbocycles. The monoisotopic (exact) mass is 324 g/mol. The summed E-state index contributed by atoms with van der Waals surface area (Å²) in [5.41, 5.74) is 0.304. The summed E-state index contributed by atoms with van der Waals surface area (Å²) in [5, 5.41) is 12.5. The maximum absolute atomic E-state index is 12.3. The second kappa shape index (κ2) is 6.84. The van der Waals surface area contributed by atoms with Gasteiger partial charge < -0.3 is 15.2 Å². The molecule has 5 nitrogen and oxygen atoms in total. The van der Waals surface area contributed by atoms with Gasteiger partial charge >= 0.3 is 0 Å². The van der Waals surface area contributed by atoms with E-state index < -0.39 is 0 Å². The number of amides is 1. The number of nitrogens with one attached hydrogen (secondary N) is 1. The third-order valence-corrected chi connectivity index (χ3v) is 4.46. The Hall–Kier alpha value is -1.33. The number of aliphatic hydroxyl groups excluding tert-OH is 1. The van der Waals surface area contributed by atoms with E-state index in [0.29, 0.717) is 41.3 Å². The molecule has 0 radical (unpaired) electrons. The van der Waals surface area contributed by atoms with Gasteiger partial charge in [-0.2, -0.15) is 0 Å². The molecule has 1 unspecified atom stereocenters. The van der Waals surface area contributed by atoms with Gasteiger partial charge in [-0.15, -0.1) is 0 Å². The van der Waals surface area contributed by atoms with E-state index in [1.165, 1.54) is 19.0 Å². The normalized spacial score (nSPS) is 18.8. The van der Waals surface area contributed by atoms with Crippen molar-refractivity contribution in [2.75, 3.05) is 13.2 Å². The fourth-order valence-corrected chi connectivity index (χ4v) is 2.61. The fourth-order valence-electron chi connectivity index (χ4n) is 2.45. The highest BCUT2D eigenvalue weighted by Gasteiger charge is 2.32. The largest absolute Gasteiger partial charge is 0.492 e. The van der Waals surface area contributed by atoms with Gasteiger partial charge in [0.05, 0.1) is 12.8 Å². The first-order valence-corrected chi connectivity index (χ1v) is 8.25. The van der Waals surface area contributed by atoms with E-state index in [4.69, 9.17) is 21.4 Å².